The lowest BCUT2D eigenvalue weighted by molar-refractivity contribution is 0.105. The van der Waals surface area contributed by atoms with Gasteiger partial charge in [-0.1, -0.05) is 0 Å². The molecule has 2 heterocycles. The zero-order valence-electron chi connectivity index (χ0n) is 11.4. The van der Waals surface area contributed by atoms with Gasteiger partial charge < -0.3 is 25.3 Å². The van der Waals surface area contributed by atoms with Gasteiger partial charge in [-0.2, -0.15) is 0 Å². The Kier molecular flexibility index (Phi) is 2.93. The predicted octanol–water partition coefficient (Wildman–Crippen LogP) is 2.02. The average Bonchev–Trinajstić information content (AvgIpc) is 2.70. The molecule has 1 fully saturated rings. The molecule has 2 atom stereocenters. The maximum atomic E-state index is 6.09. The van der Waals surface area contributed by atoms with E-state index in [0.29, 0.717) is 18.9 Å². The summed E-state index contributed by atoms with van der Waals surface area (Å²) in [5, 5.41) is 3.50. The highest BCUT2D eigenvalue weighted by molar-refractivity contribution is 5.73. The molecule has 2 aliphatic heterocycles. The van der Waals surface area contributed by atoms with Crippen LogP contribution in [0.3, 0.4) is 0 Å². The number of rotatable bonds is 2. The van der Waals surface area contributed by atoms with Crippen molar-refractivity contribution in [2.24, 2.45) is 0 Å². The minimum Gasteiger partial charge on any atom is -0.486 e. The topological polar surface area (TPSA) is 65.7 Å². The molecular weight excluding hydrogens is 244 g/mol. The van der Waals surface area contributed by atoms with Crippen LogP contribution in [0.1, 0.15) is 20.3 Å². The van der Waals surface area contributed by atoms with Crippen molar-refractivity contribution in [3.8, 4) is 11.5 Å². The minimum absolute atomic E-state index is 0.0993. The summed E-state index contributed by atoms with van der Waals surface area (Å²) < 4.78 is 16.7. The van der Waals surface area contributed by atoms with Crippen LogP contribution in [0.2, 0.25) is 0 Å². The van der Waals surface area contributed by atoms with Crippen molar-refractivity contribution in [2.45, 2.75) is 31.9 Å². The molecule has 0 bridgehead atoms. The number of nitrogens with two attached hydrogens (primary N) is 1. The molecule has 0 amide bonds. The van der Waals surface area contributed by atoms with Crippen LogP contribution in [0.25, 0.3) is 0 Å². The van der Waals surface area contributed by atoms with E-state index in [1.165, 1.54) is 0 Å². The summed E-state index contributed by atoms with van der Waals surface area (Å²) in [4.78, 5) is 0. The van der Waals surface area contributed by atoms with E-state index in [2.05, 4.69) is 19.2 Å². The van der Waals surface area contributed by atoms with Gasteiger partial charge in [0.25, 0.3) is 0 Å². The summed E-state index contributed by atoms with van der Waals surface area (Å²) in [5.41, 5.74) is 7.54. The molecule has 0 radical (unpaired) electrons. The second kappa shape index (κ2) is 4.49. The third-order valence-corrected chi connectivity index (χ3v) is 4.02. The Morgan fingerprint density at radius 2 is 1.89 bits per heavy atom. The van der Waals surface area contributed by atoms with E-state index in [1.54, 1.807) is 0 Å². The van der Waals surface area contributed by atoms with Gasteiger partial charge >= 0.3 is 0 Å². The largest absolute Gasteiger partial charge is 0.486 e. The summed E-state index contributed by atoms with van der Waals surface area (Å²) in [6.07, 6.45) is 1.11. The maximum Gasteiger partial charge on any atom is 0.163 e. The number of hydrogen-bond donors (Lipinski definition) is 2. The molecule has 3 rings (SSSR count). The van der Waals surface area contributed by atoms with E-state index >= 15 is 0 Å². The second-order valence-electron chi connectivity index (χ2n) is 5.39. The van der Waals surface area contributed by atoms with E-state index in [-0.39, 0.29) is 11.6 Å². The third kappa shape index (κ3) is 2.18. The zero-order chi connectivity index (χ0) is 13.5. The quantitative estimate of drug-likeness (QED) is 0.800. The van der Waals surface area contributed by atoms with E-state index in [4.69, 9.17) is 19.9 Å². The van der Waals surface area contributed by atoms with Gasteiger partial charge in [-0.3, -0.25) is 0 Å². The second-order valence-corrected chi connectivity index (χ2v) is 5.39. The molecule has 2 unspecified atom stereocenters. The van der Waals surface area contributed by atoms with Crippen LogP contribution in [-0.4, -0.2) is 31.5 Å². The van der Waals surface area contributed by atoms with E-state index in [1.807, 2.05) is 12.1 Å². The highest BCUT2D eigenvalue weighted by Crippen LogP contribution is 2.39. The van der Waals surface area contributed by atoms with Crippen molar-refractivity contribution in [3.05, 3.63) is 12.1 Å². The first-order valence-corrected chi connectivity index (χ1v) is 6.67. The summed E-state index contributed by atoms with van der Waals surface area (Å²) in [7, 11) is 0. The Hall–Kier alpha value is -1.62. The van der Waals surface area contributed by atoms with Crippen LogP contribution in [0.5, 0.6) is 11.5 Å². The minimum atomic E-state index is -0.0993. The Labute approximate surface area is 113 Å². The Morgan fingerprint density at radius 3 is 2.53 bits per heavy atom. The van der Waals surface area contributed by atoms with E-state index in [9.17, 15) is 0 Å². The van der Waals surface area contributed by atoms with Gasteiger partial charge in [-0.25, -0.2) is 0 Å². The molecule has 104 valence electrons. The molecule has 5 heteroatoms. The number of hydrogen-bond acceptors (Lipinski definition) is 5. The number of fused-ring (bicyclic) bond motifs is 1. The molecule has 3 N–H and O–H groups in total. The lowest BCUT2D eigenvalue weighted by Crippen LogP contribution is -2.41. The highest BCUT2D eigenvalue weighted by Gasteiger charge is 2.37. The molecule has 0 aromatic heterocycles. The van der Waals surface area contributed by atoms with Gasteiger partial charge in [0.15, 0.2) is 11.5 Å². The first kappa shape index (κ1) is 12.4. The summed E-state index contributed by atoms with van der Waals surface area (Å²) in [5.74, 6) is 1.47. The number of nitrogens with one attached hydrogen (secondary N) is 1. The number of benzene rings is 1. The smallest absolute Gasteiger partial charge is 0.163 e. The van der Waals surface area contributed by atoms with Crippen molar-refractivity contribution in [1.82, 2.24) is 0 Å². The highest BCUT2D eigenvalue weighted by atomic mass is 16.6. The fourth-order valence-corrected chi connectivity index (χ4v) is 2.52. The third-order valence-electron chi connectivity index (χ3n) is 4.02. The van der Waals surface area contributed by atoms with Crippen molar-refractivity contribution in [3.63, 3.8) is 0 Å². The number of ether oxygens (including phenoxy) is 3. The first-order chi connectivity index (χ1) is 9.08. The van der Waals surface area contributed by atoms with Crippen LogP contribution in [0, 0.1) is 0 Å². The molecule has 19 heavy (non-hydrogen) atoms. The lowest BCUT2D eigenvalue weighted by atomic mass is 9.94. The van der Waals surface area contributed by atoms with Crippen molar-refractivity contribution < 1.29 is 14.2 Å². The SMILES string of the molecule is CC1OCCC1(C)Nc1cc2c(cc1N)OCCO2. The van der Waals surface area contributed by atoms with Gasteiger partial charge in [0.1, 0.15) is 13.2 Å². The molecule has 0 aliphatic carbocycles. The maximum absolute atomic E-state index is 6.09. The monoisotopic (exact) mass is 264 g/mol. The first-order valence-electron chi connectivity index (χ1n) is 6.67. The van der Waals surface area contributed by atoms with Crippen molar-refractivity contribution >= 4 is 11.4 Å². The Morgan fingerprint density at radius 1 is 1.21 bits per heavy atom. The Bertz CT molecular complexity index is 492. The fourth-order valence-electron chi connectivity index (χ4n) is 2.52. The van der Waals surface area contributed by atoms with Crippen molar-refractivity contribution in [2.75, 3.05) is 30.9 Å². The molecule has 1 aromatic rings. The van der Waals surface area contributed by atoms with Crippen LogP contribution in [-0.2, 0) is 4.74 Å². The van der Waals surface area contributed by atoms with Crippen LogP contribution < -0.4 is 20.5 Å². The van der Waals surface area contributed by atoms with Crippen LogP contribution in [0.15, 0.2) is 12.1 Å². The lowest BCUT2D eigenvalue weighted by Gasteiger charge is -2.31. The van der Waals surface area contributed by atoms with Crippen molar-refractivity contribution in [1.29, 1.82) is 0 Å². The zero-order valence-corrected chi connectivity index (χ0v) is 11.4. The molecular formula is C14H20N2O3. The van der Waals surface area contributed by atoms with E-state index in [0.717, 1.165) is 30.2 Å². The van der Waals surface area contributed by atoms with Gasteiger partial charge in [0.2, 0.25) is 0 Å². The standard InChI is InChI=1S/C14H20N2O3/c1-9-14(2,3-4-17-9)16-11-8-13-12(7-10(11)15)18-5-6-19-13/h7-9,16H,3-6,15H2,1-2H3. The molecule has 5 nitrogen and oxygen atoms in total. The van der Waals surface area contributed by atoms with Crippen LogP contribution in [0.4, 0.5) is 11.4 Å². The predicted molar refractivity (Wildman–Crippen MR) is 73.9 cm³/mol. The summed E-state index contributed by atoms with van der Waals surface area (Å²) in [6, 6.07) is 3.74. The van der Waals surface area contributed by atoms with Gasteiger partial charge in [-0.05, 0) is 20.3 Å². The van der Waals surface area contributed by atoms with Crippen LogP contribution >= 0.6 is 0 Å². The molecule has 0 spiro atoms. The van der Waals surface area contributed by atoms with Gasteiger partial charge in [-0.15, -0.1) is 0 Å². The molecule has 1 aromatic carbocycles. The fraction of sp³-hybridized carbons (Fsp3) is 0.571. The number of nitrogen functional groups attached to an aromatic ring is 1. The average molecular weight is 264 g/mol. The molecule has 1 saturated heterocycles. The number of anilines is 2. The normalized spacial score (nSPS) is 29.3. The van der Waals surface area contributed by atoms with Gasteiger partial charge in [0.05, 0.1) is 23.0 Å². The van der Waals surface area contributed by atoms with E-state index < -0.39 is 0 Å². The Balaban J connectivity index is 1.88. The molecule has 2 aliphatic rings. The van der Waals surface area contributed by atoms with Gasteiger partial charge in [0, 0.05) is 18.7 Å². The molecule has 0 saturated carbocycles. The summed E-state index contributed by atoms with van der Waals surface area (Å²) in [6.45, 7) is 6.15. The summed E-state index contributed by atoms with van der Waals surface area (Å²) >= 11 is 0.